The number of fused-ring (bicyclic) bond motifs is 1. The largest absolute Gasteiger partial charge is 0.370 e. The van der Waals surface area contributed by atoms with Crippen molar-refractivity contribution in [3.63, 3.8) is 0 Å². The maximum absolute atomic E-state index is 12.9. The summed E-state index contributed by atoms with van der Waals surface area (Å²) >= 11 is 6.55. The molecule has 1 atom stereocenters. The topological polar surface area (TPSA) is 64.3 Å². The van der Waals surface area contributed by atoms with Gasteiger partial charge < -0.3 is 20.1 Å². The van der Waals surface area contributed by atoms with E-state index in [0.29, 0.717) is 11.6 Å². The molecule has 162 valence electrons. The first-order valence-corrected chi connectivity index (χ1v) is 11.6. The molecular weight excluding hydrogens is 410 g/mol. The predicted octanol–water partition coefficient (Wildman–Crippen LogP) is 5.62. The summed E-state index contributed by atoms with van der Waals surface area (Å²) in [6.07, 6.45) is 5.68. The van der Waals surface area contributed by atoms with Gasteiger partial charge in [0.2, 0.25) is 0 Å². The number of imidazole rings is 1. The fourth-order valence-corrected chi connectivity index (χ4v) is 5.03. The van der Waals surface area contributed by atoms with Gasteiger partial charge in [-0.1, -0.05) is 23.7 Å². The van der Waals surface area contributed by atoms with Crippen LogP contribution >= 0.6 is 11.6 Å². The lowest BCUT2D eigenvalue weighted by Crippen LogP contribution is -2.41. The van der Waals surface area contributed by atoms with Crippen molar-refractivity contribution in [2.75, 3.05) is 36.4 Å². The van der Waals surface area contributed by atoms with Crippen molar-refractivity contribution in [1.29, 1.82) is 0 Å². The number of nitrogens with one attached hydrogen (secondary N) is 2. The van der Waals surface area contributed by atoms with E-state index >= 15 is 0 Å². The fraction of sp³-hybridized carbons (Fsp3) is 0.417. The number of likely N-dealkylation sites (tertiary alicyclic amines) is 1. The van der Waals surface area contributed by atoms with Crippen LogP contribution in [0.5, 0.6) is 0 Å². The number of H-pyrrole nitrogens is 1. The van der Waals surface area contributed by atoms with Crippen molar-refractivity contribution in [3.8, 4) is 0 Å². The Morgan fingerprint density at radius 2 is 1.90 bits per heavy atom. The highest BCUT2D eigenvalue weighted by atomic mass is 35.5. The van der Waals surface area contributed by atoms with Gasteiger partial charge in [-0.25, -0.2) is 9.78 Å². The van der Waals surface area contributed by atoms with Gasteiger partial charge in [-0.15, -0.1) is 0 Å². The Bertz CT molecular complexity index is 1040. The lowest BCUT2D eigenvalue weighted by molar-refractivity contribution is 0.191. The van der Waals surface area contributed by atoms with Crippen LogP contribution in [0.1, 0.15) is 43.8 Å². The third-order valence-electron chi connectivity index (χ3n) is 6.40. The summed E-state index contributed by atoms with van der Waals surface area (Å²) in [5.41, 5.74) is 3.81. The van der Waals surface area contributed by atoms with E-state index in [1.807, 2.05) is 47.4 Å². The molecule has 2 aliphatic heterocycles. The second kappa shape index (κ2) is 8.79. The summed E-state index contributed by atoms with van der Waals surface area (Å²) in [7, 11) is 0. The predicted molar refractivity (Wildman–Crippen MR) is 126 cm³/mol. The molecule has 2 aromatic carbocycles. The van der Waals surface area contributed by atoms with E-state index in [2.05, 4.69) is 15.2 Å². The van der Waals surface area contributed by atoms with Crippen LogP contribution in [0.25, 0.3) is 11.0 Å². The lowest BCUT2D eigenvalue weighted by atomic mass is 9.97. The molecule has 2 fully saturated rings. The highest BCUT2D eigenvalue weighted by Gasteiger charge is 2.27. The molecule has 2 N–H and O–H groups in total. The van der Waals surface area contributed by atoms with Gasteiger partial charge in [0.05, 0.1) is 21.7 Å². The zero-order valence-corrected chi connectivity index (χ0v) is 18.4. The molecule has 6 nitrogen and oxygen atoms in total. The zero-order valence-electron chi connectivity index (χ0n) is 17.6. The molecule has 0 saturated carbocycles. The van der Waals surface area contributed by atoms with E-state index in [0.717, 1.165) is 60.7 Å². The summed E-state index contributed by atoms with van der Waals surface area (Å²) in [6, 6.07) is 13.8. The smallest absolute Gasteiger partial charge is 0.321 e. The van der Waals surface area contributed by atoms with E-state index in [9.17, 15) is 4.79 Å². The molecule has 0 spiro atoms. The SMILES string of the molecule is O=C(Nc1ccc(N2CCCCC2)c(Cl)c1)N1CCCC(c2nc3ccccc3[nH]2)C1. The molecule has 3 heterocycles. The Labute approximate surface area is 187 Å². The van der Waals surface area contributed by atoms with Gasteiger partial charge >= 0.3 is 6.03 Å². The van der Waals surface area contributed by atoms with E-state index in [-0.39, 0.29) is 11.9 Å². The third kappa shape index (κ3) is 4.35. The number of amides is 2. The Balaban J connectivity index is 1.25. The Kier molecular flexibility index (Phi) is 5.72. The fourth-order valence-electron chi connectivity index (χ4n) is 4.73. The van der Waals surface area contributed by atoms with Crippen molar-refractivity contribution in [2.24, 2.45) is 0 Å². The van der Waals surface area contributed by atoms with Gasteiger partial charge in [-0.05, 0) is 62.4 Å². The van der Waals surface area contributed by atoms with E-state index in [1.165, 1.54) is 19.3 Å². The van der Waals surface area contributed by atoms with Gasteiger partial charge in [0.1, 0.15) is 5.82 Å². The van der Waals surface area contributed by atoms with Crippen LogP contribution in [0, 0.1) is 0 Å². The molecule has 2 amide bonds. The number of rotatable bonds is 3. The number of hydrogen-bond donors (Lipinski definition) is 2. The first-order valence-electron chi connectivity index (χ1n) is 11.2. The average molecular weight is 438 g/mol. The molecule has 3 aromatic rings. The van der Waals surface area contributed by atoms with Crippen LogP contribution < -0.4 is 10.2 Å². The number of nitrogens with zero attached hydrogens (tertiary/aromatic N) is 3. The van der Waals surface area contributed by atoms with Crippen molar-refractivity contribution >= 4 is 40.0 Å². The molecule has 0 radical (unpaired) electrons. The molecule has 2 saturated heterocycles. The van der Waals surface area contributed by atoms with E-state index in [1.54, 1.807) is 0 Å². The number of anilines is 2. The van der Waals surface area contributed by atoms with Crippen molar-refractivity contribution in [3.05, 3.63) is 53.3 Å². The molecule has 1 unspecified atom stereocenters. The van der Waals surface area contributed by atoms with Gasteiger partial charge in [-0.2, -0.15) is 0 Å². The van der Waals surface area contributed by atoms with Crippen LogP contribution in [0.4, 0.5) is 16.2 Å². The number of aromatic amines is 1. The maximum Gasteiger partial charge on any atom is 0.321 e. The lowest BCUT2D eigenvalue weighted by Gasteiger charge is -2.32. The van der Waals surface area contributed by atoms with Crippen LogP contribution in [-0.2, 0) is 0 Å². The number of hydrogen-bond acceptors (Lipinski definition) is 3. The first kappa shape index (κ1) is 20.2. The molecule has 1 aromatic heterocycles. The Hall–Kier alpha value is -2.73. The van der Waals surface area contributed by atoms with Crippen molar-refractivity contribution in [2.45, 2.75) is 38.0 Å². The van der Waals surface area contributed by atoms with Gasteiger partial charge in [-0.3, -0.25) is 0 Å². The highest BCUT2D eigenvalue weighted by molar-refractivity contribution is 6.33. The second-order valence-electron chi connectivity index (χ2n) is 8.57. The van der Waals surface area contributed by atoms with E-state index < -0.39 is 0 Å². The normalized spacial score (nSPS) is 19.6. The summed E-state index contributed by atoms with van der Waals surface area (Å²) in [5, 5.41) is 3.73. The van der Waals surface area contributed by atoms with Gasteiger partial charge in [0.25, 0.3) is 0 Å². The van der Waals surface area contributed by atoms with E-state index in [4.69, 9.17) is 16.6 Å². The second-order valence-corrected chi connectivity index (χ2v) is 8.98. The van der Waals surface area contributed by atoms with Crippen LogP contribution in [0.3, 0.4) is 0 Å². The number of carbonyl (C=O) groups is 1. The third-order valence-corrected chi connectivity index (χ3v) is 6.70. The highest BCUT2D eigenvalue weighted by Crippen LogP contribution is 2.31. The van der Waals surface area contributed by atoms with Gasteiger partial charge in [0, 0.05) is 37.8 Å². The zero-order chi connectivity index (χ0) is 21.2. The summed E-state index contributed by atoms with van der Waals surface area (Å²) in [5.74, 6) is 1.18. The number of benzene rings is 2. The number of aromatic nitrogens is 2. The van der Waals surface area contributed by atoms with Crippen LogP contribution in [-0.4, -0.2) is 47.1 Å². The Morgan fingerprint density at radius 1 is 1.06 bits per heavy atom. The first-order chi connectivity index (χ1) is 15.2. The molecule has 31 heavy (non-hydrogen) atoms. The van der Waals surface area contributed by atoms with Gasteiger partial charge in [0.15, 0.2) is 0 Å². The minimum absolute atomic E-state index is 0.0809. The summed E-state index contributed by atoms with van der Waals surface area (Å²) in [4.78, 5) is 25.3. The number of urea groups is 1. The summed E-state index contributed by atoms with van der Waals surface area (Å²) < 4.78 is 0. The average Bonchev–Trinajstić information content (AvgIpc) is 3.24. The minimum Gasteiger partial charge on any atom is -0.370 e. The number of halogens is 1. The standard InChI is InChI=1S/C24H28ClN5O/c25-19-15-18(10-11-22(19)29-12-4-1-5-13-29)26-24(31)30-14-6-7-17(16-30)23-27-20-8-2-3-9-21(20)28-23/h2-3,8-11,15,17H,1,4-7,12-14,16H2,(H,26,31)(H,27,28). The number of carbonyl (C=O) groups excluding carboxylic acids is 1. The summed E-state index contributed by atoms with van der Waals surface area (Å²) in [6.45, 7) is 3.50. The number of para-hydroxylation sites is 2. The molecule has 7 heteroatoms. The quantitative estimate of drug-likeness (QED) is 0.559. The molecular formula is C24H28ClN5O. The van der Waals surface area contributed by atoms with Crippen molar-refractivity contribution < 1.29 is 4.79 Å². The molecule has 5 rings (SSSR count). The molecule has 0 bridgehead atoms. The van der Waals surface area contributed by atoms with Crippen LogP contribution in [0.2, 0.25) is 5.02 Å². The molecule has 2 aliphatic rings. The number of piperidine rings is 2. The maximum atomic E-state index is 12.9. The molecule has 0 aliphatic carbocycles. The minimum atomic E-state index is -0.0809. The van der Waals surface area contributed by atoms with Crippen molar-refractivity contribution in [1.82, 2.24) is 14.9 Å². The Morgan fingerprint density at radius 3 is 2.71 bits per heavy atom. The van der Waals surface area contributed by atoms with Crippen LogP contribution in [0.15, 0.2) is 42.5 Å². The monoisotopic (exact) mass is 437 g/mol.